The van der Waals surface area contributed by atoms with E-state index in [0.717, 1.165) is 18.3 Å². The Kier molecular flexibility index (Phi) is 4.21. The van der Waals surface area contributed by atoms with E-state index in [1.165, 1.54) is 36.5 Å². The van der Waals surface area contributed by atoms with Crippen LogP contribution in [0.5, 0.6) is 0 Å². The molecular weight excluding hydrogens is 311 g/mol. The molecule has 4 unspecified atom stereocenters. The lowest BCUT2D eigenvalue weighted by Crippen LogP contribution is -2.41. The maximum absolute atomic E-state index is 10.2. The van der Waals surface area contributed by atoms with E-state index in [2.05, 4.69) is 36.4 Å². The normalized spacial score (nSPS) is 45.4. The van der Waals surface area contributed by atoms with Gasteiger partial charge in [-0.05, 0) is 59.7 Å². The fraction of sp³-hybridized carbons (Fsp3) is 1.00. The Labute approximate surface area is 114 Å². The largest absolute Gasteiger partial charge is 0.393 e. The number of halogens is 1. The minimum Gasteiger partial charge on any atom is -0.393 e. The van der Waals surface area contributed by atoms with Crippen LogP contribution in [-0.4, -0.2) is 15.6 Å². The first kappa shape index (κ1) is 13.1. The molecule has 1 N–H and O–H groups in total. The molecule has 0 bridgehead atoms. The quantitative estimate of drug-likeness (QED) is 0.610. The molecular formula is C14H25IO. The van der Waals surface area contributed by atoms with Gasteiger partial charge in [-0.15, -0.1) is 0 Å². The Balaban J connectivity index is 2.11. The lowest BCUT2D eigenvalue weighted by Gasteiger charge is -2.45. The van der Waals surface area contributed by atoms with Crippen LogP contribution in [0.1, 0.15) is 52.4 Å². The Morgan fingerprint density at radius 3 is 2.81 bits per heavy atom. The van der Waals surface area contributed by atoms with Gasteiger partial charge in [-0.3, -0.25) is 0 Å². The van der Waals surface area contributed by atoms with Gasteiger partial charge in [0.1, 0.15) is 0 Å². The van der Waals surface area contributed by atoms with E-state index in [0.29, 0.717) is 11.3 Å². The van der Waals surface area contributed by atoms with E-state index in [1.807, 2.05) is 0 Å². The summed E-state index contributed by atoms with van der Waals surface area (Å²) in [4.78, 5) is 0. The Bertz CT molecular complexity index is 243. The molecule has 2 heteroatoms. The Morgan fingerprint density at radius 1 is 1.38 bits per heavy atom. The van der Waals surface area contributed by atoms with Gasteiger partial charge in [0.15, 0.2) is 0 Å². The molecule has 5 atom stereocenters. The van der Waals surface area contributed by atoms with Crippen LogP contribution in [-0.2, 0) is 0 Å². The number of hydrogen-bond acceptors (Lipinski definition) is 1. The molecule has 1 nitrogen and oxygen atoms in total. The highest BCUT2D eigenvalue weighted by molar-refractivity contribution is 14.1. The van der Waals surface area contributed by atoms with Crippen molar-refractivity contribution in [3.63, 3.8) is 0 Å². The number of aliphatic hydroxyl groups excluding tert-OH is 1. The maximum atomic E-state index is 10.2. The zero-order chi connectivity index (χ0) is 11.8. The molecule has 0 saturated heterocycles. The zero-order valence-corrected chi connectivity index (χ0v) is 12.7. The number of hydrogen-bond donors (Lipinski definition) is 1. The van der Waals surface area contributed by atoms with Crippen molar-refractivity contribution in [2.45, 2.75) is 58.5 Å². The number of alkyl halides is 1. The van der Waals surface area contributed by atoms with E-state index in [1.54, 1.807) is 0 Å². The van der Waals surface area contributed by atoms with Gasteiger partial charge in [-0.25, -0.2) is 0 Å². The molecule has 2 saturated carbocycles. The molecule has 0 amide bonds. The third-order valence-corrected chi connectivity index (χ3v) is 6.04. The highest BCUT2D eigenvalue weighted by Crippen LogP contribution is 2.58. The summed E-state index contributed by atoms with van der Waals surface area (Å²) >= 11 is 2.50. The number of rotatable bonds is 3. The predicted octanol–water partition coefficient (Wildman–Crippen LogP) is 4.02. The summed E-state index contributed by atoms with van der Waals surface area (Å²) in [6, 6.07) is 0. The molecule has 0 spiro atoms. The molecule has 0 radical (unpaired) electrons. The van der Waals surface area contributed by atoms with Crippen LogP contribution in [0.25, 0.3) is 0 Å². The van der Waals surface area contributed by atoms with Gasteiger partial charge in [0, 0.05) is 0 Å². The fourth-order valence-corrected chi connectivity index (χ4v) is 5.48. The number of fused-ring (bicyclic) bond motifs is 1. The topological polar surface area (TPSA) is 20.2 Å². The molecule has 2 fully saturated rings. The Morgan fingerprint density at radius 2 is 2.12 bits per heavy atom. The standard InChI is InChI=1S/C14H25IO/c1-10(7-9-15)11-5-6-12-13(16)4-3-8-14(11,12)2/h10-13,16H,3-9H2,1-2H3/t10-,11?,12?,13?,14?/m1/s1. The molecule has 0 aromatic carbocycles. The van der Waals surface area contributed by atoms with Crippen molar-refractivity contribution in [1.82, 2.24) is 0 Å². The second-order valence-corrected chi connectivity index (χ2v) is 7.29. The maximum Gasteiger partial charge on any atom is 0.0573 e. The molecule has 94 valence electrons. The summed E-state index contributed by atoms with van der Waals surface area (Å²) in [7, 11) is 0. The van der Waals surface area contributed by atoms with Crippen LogP contribution in [0.15, 0.2) is 0 Å². The SMILES string of the molecule is C[C@H](CCI)C1CCC2C(O)CCCC21C. The van der Waals surface area contributed by atoms with Crippen LogP contribution in [0.3, 0.4) is 0 Å². The first-order valence-electron chi connectivity index (χ1n) is 6.83. The minimum absolute atomic E-state index is 0.00412. The summed E-state index contributed by atoms with van der Waals surface area (Å²) in [5, 5.41) is 10.2. The minimum atomic E-state index is -0.00412. The molecule has 0 aliphatic heterocycles. The van der Waals surface area contributed by atoms with Crippen LogP contribution >= 0.6 is 22.6 Å². The third-order valence-electron chi connectivity index (χ3n) is 5.41. The van der Waals surface area contributed by atoms with Crippen molar-refractivity contribution in [1.29, 1.82) is 0 Å². The van der Waals surface area contributed by atoms with Crippen LogP contribution in [0.2, 0.25) is 0 Å². The van der Waals surface area contributed by atoms with Crippen molar-refractivity contribution in [3.8, 4) is 0 Å². The molecule has 2 rings (SSSR count). The lowest BCUT2D eigenvalue weighted by molar-refractivity contribution is -0.0270. The molecule has 0 heterocycles. The van der Waals surface area contributed by atoms with Gasteiger partial charge in [0.05, 0.1) is 6.10 Å². The predicted molar refractivity (Wildman–Crippen MR) is 76.8 cm³/mol. The summed E-state index contributed by atoms with van der Waals surface area (Å²) < 4.78 is 1.28. The van der Waals surface area contributed by atoms with Crippen molar-refractivity contribution < 1.29 is 5.11 Å². The second kappa shape index (κ2) is 5.13. The van der Waals surface area contributed by atoms with E-state index in [-0.39, 0.29) is 6.10 Å². The van der Waals surface area contributed by atoms with E-state index < -0.39 is 0 Å². The lowest BCUT2D eigenvalue weighted by atomic mass is 9.61. The van der Waals surface area contributed by atoms with Gasteiger partial charge in [-0.2, -0.15) is 0 Å². The van der Waals surface area contributed by atoms with Crippen LogP contribution < -0.4 is 0 Å². The highest BCUT2D eigenvalue weighted by atomic mass is 127. The van der Waals surface area contributed by atoms with Gasteiger partial charge in [-0.1, -0.05) is 42.9 Å². The summed E-state index contributed by atoms with van der Waals surface area (Å²) in [5.41, 5.74) is 0.447. The number of aliphatic hydroxyl groups is 1. The van der Waals surface area contributed by atoms with Crippen molar-refractivity contribution >= 4 is 22.6 Å². The smallest absolute Gasteiger partial charge is 0.0573 e. The van der Waals surface area contributed by atoms with Gasteiger partial charge in [0.25, 0.3) is 0 Å². The van der Waals surface area contributed by atoms with E-state index >= 15 is 0 Å². The monoisotopic (exact) mass is 336 g/mol. The fourth-order valence-electron chi connectivity index (χ4n) is 4.50. The summed E-state index contributed by atoms with van der Waals surface area (Å²) in [6.07, 6.45) is 7.61. The molecule has 0 aromatic rings. The molecule has 16 heavy (non-hydrogen) atoms. The average molecular weight is 336 g/mol. The molecule has 2 aliphatic rings. The van der Waals surface area contributed by atoms with Crippen molar-refractivity contribution in [2.75, 3.05) is 4.43 Å². The van der Waals surface area contributed by atoms with Crippen LogP contribution in [0.4, 0.5) is 0 Å². The highest BCUT2D eigenvalue weighted by Gasteiger charge is 2.51. The zero-order valence-electron chi connectivity index (χ0n) is 10.6. The van der Waals surface area contributed by atoms with Crippen molar-refractivity contribution in [2.24, 2.45) is 23.2 Å². The van der Waals surface area contributed by atoms with Gasteiger partial charge < -0.3 is 5.11 Å². The van der Waals surface area contributed by atoms with Gasteiger partial charge in [0.2, 0.25) is 0 Å². The third kappa shape index (κ3) is 2.16. The average Bonchev–Trinajstić information content (AvgIpc) is 2.57. The summed E-state index contributed by atoms with van der Waals surface area (Å²) in [5.74, 6) is 2.31. The van der Waals surface area contributed by atoms with Crippen LogP contribution in [0, 0.1) is 23.2 Å². The second-order valence-electron chi connectivity index (χ2n) is 6.21. The van der Waals surface area contributed by atoms with E-state index in [4.69, 9.17) is 0 Å². The molecule has 0 aromatic heterocycles. The summed E-state index contributed by atoms with van der Waals surface area (Å²) in [6.45, 7) is 4.89. The molecule has 2 aliphatic carbocycles. The van der Waals surface area contributed by atoms with Crippen molar-refractivity contribution in [3.05, 3.63) is 0 Å². The first-order valence-corrected chi connectivity index (χ1v) is 8.36. The van der Waals surface area contributed by atoms with E-state index in [9.17, 15) is 5.11 Å². The Hall–Kier alpha value is 0.690. The first-order chi connectivity index (χ1) is 7.59. The van der Waals surface area contributed by atoms with Gasteiger partial charge >= 0.3 is 0 Å².